The lowest BCUT2D eigenvalue weighted by atomic mass is 10.3. The first-order valence-corrected chi connectivity index (χ1v) is 6.76. The van der Waals surface area contributed by atoms with Crippen LogP contribution in [0.4, 0.5) is 0 Å². The van der Waals surface area contributed by atoms with Gasteiger partial charge in [-0.2, -0.15) is 0 Å². The van der Waals surface area contributed by atoms with E-state index < -0.39 is 21.3 Å². The Labute approximate surface area is 101 Å². The van der Waals surface area contributed by atoms with E-state index in [0.29, 0.717) is 6.54 Å². The number of carbonyl (C=O) groups excluding carboxylic acids is 1. The Morgan fingerprint density at radius 2 is 1.94 bits per heavy atom. The maximum absolute atomic E-state index is 11.6. The maximum Gasteiger partial charge on any atom is 0.237 e. The largest absolute Gasteiger partial charge is 0.392 e. The highest BCUT2D eigenvalue weighted by atomic mass is 32.2. The van der Waals surface area contributed by atoms with Gasteiger partial charge >= 0.3 is 0 Å². The molecule has 0 aliphatic carbocycles. The standard InChI is InChI=1S/C8H17N3O3S2/c1-4-10-8(12)5(2)11-16(13,14)6(3)7(9)15/h5-6,11H,4H2,1-3H3,(H2,9,15)(H,10,12). The van der Waals surface area contributed by atoms with Crippen molar-refractivity contribution in [3.63, 3.8) is 0 Å². The van der Waals surface area contributed by atoms with Crippen LogP contribution in [0.5, 0.6) is 0 Å². The fourth-order valence-electron chi connectivity index (χ4n) is 0.882. The van der Waals surface area contributed by atoms with E-state index in [4.69, 9.17) is 5.73 Å². The van der Waals surface area contributed by atoms with Gasteiger partial charge in [-0.3, -0.25) is 4.79 Å². The van der Waals surface area contributed by atoms with E-state index in [0.717, 1.165) is 0 Å². The van der Waals surface area contributed by atoms with Gasteiger partial charge in [0.2, 0.25) is 15.9 Å². The van der Waals surface area contributed by atoms with E-state index in [1.54, 1.807) is 6.92 Å². The van der Waals surface area contributed by atoms with Crippen molar-refractivity contribution in [3.8, 4) is 0 Å². The zero-order valence-electron chi connectivity index (χ0n) is 9.48. The highest BCUT2D eigenvalue weighted by Crippen LogP contribution is 2.00. The van der Waals surface area contributed by atoms with Crippen molar-refractivity contribution in [2.75, 3.05) is 6.54 Å². The molecule has 6 nitrogen and oxygen atoms in total. The second-order valence-electron chi connectivity index (χ2n) is 3.32. The molecule has 0 radical (unpaired) electrons. The summed E-state index contributed by atoms with van der Waals surface area (Å²) in [4.78, 5) is 11.2. The molecule has 2 unspecified atom stereocenters. The first-order chi connectivity index (χ1) is 7.22. The van der Waals surface area contributed by atoms with Gasteiger partial charge in [0.05, 0.1) is 11.0 Å². The quantitative estimate of drug-likeness (QED) is 0.542. The molecule has 0 aromatic heterocycles. The minimum absolute atomic E-state index is 0.129. The number of thiocarbonyl (C=S) groups is 1. The van der Waals surface area contributed by atoms with Gasteiger partial charge < -0.3 is 11.1 Å². The zero-order valence-corrected chi connectivity index (χ0v) is 11.1. The Kier molecular flexibility index (Phi) is 5.84. The molecule has 8 heteroatoms. The molecule has 2 atom stereocenters. The van der Waals surface area contributed by atoms with Gasteiger partial charge in [-0.1, -0.05) is 12.2 Å². The zero-order chi connectivity index (χ0) is 12.9. The Morgan fingerprint density at radius 3 is 2.31 bits per heavy atom. The molecule has 0 heterocycles. The van der Waals surface area contributed by atoms with Crippen molar-refractivity contribution in [1.29, 1.82) is 0 Å². The van der Waals surface area contributed by atoms with E-state index in [1.165, 1.54) is 13.8 Å². The molecule has 0 spiro atoms. The lowest BCUT2D eigenvalue weighted by molar-refractivity contribution is -0.122. The lowest BCUT2D eigenvalue weighted by Gasteiger charge is -2.17. The van der Waals surface area contributed by atoms with Crippen LogP contribution in [0.2, 0.25) is 0 Å². The number of nitrogens with one attached hydrogen (secondary N) is 2. The molecule has 4 N–H and O–H groups in total. The van der Waals surface area contributed by atoms with Gasteiger partial charge in [0, 0.05) is 6.54 Å². The number of sulfonamides is 1. The maximum atomic E-state index is 11.6. The molecule has 0 fully saturated rings. The van der Waals surface area contributed by atoms with E-state index in [1.807, 2.05) is 0 Å². The van der Waals surface area contributed by atoms with Crippen LogP contribution >= 0.6 is 12.2 Å². The van der Waals surface area contributed by atoms with Crippen LogP contribution in [0.1, 0.15) is 20.8 Å². The number of likely N-dealkylation sites (N-methyl/N-ethyl adjacent to an activating group) is 1. The second kappa shape index (κ2) is 6.12. The number of hydrogen-bond donors (Lipinski definition) is 3. The summed E-state index contributed by atoms with van der Waals surface area (Å²) in [5.74, 6) is -0.388. The third kappa shape index (κ3) is 4.42. The SMILES string of the molecule is CCNC(=O)C(C)NS(=O)(=O)C(C)C(N)=S. The molecule has 0 saturated carbocycles. The van der Waals surface area contributed by atoms with E-state index in [9.17, 15) is 13.2 Å². The summed E-state index contributed by atoms with van der Waals surface area (Å²) in [5.41, 5.74) is 5.24. The van der Waals surface area contributed by atoms with E-state index >= 15 is 0 Å². The normalized spacial score (nSPS) is 15.2. The monoisotopic (exact) mass is 267 g/mol. The van der Waals surface area contributed by atoms with Crippen molar-refractivity contribution in [1.82, 2.24) is 10.0 Å². The van der Waals surface area contributed by atoms with E-state index in [2.05, 4.69) is 22.3 Å². The number of amides is 1. The summed E-state index contributed by atoms with van der Waals surface area (Å²) >= 11 is 4.59. The molecular weight excluding hydrogens is 250 g/mol. The summed E-state index contributed by atoms with van der Waals surface area (Å²) in [5, 5.41) is 1.51. The number of hydrogen-bond acceptors (Lipinski definition) is 4. The molecule has 16 heavy (non-hydrogen) atoms. The first kappa shape index (κ1) is 15.3. The predicted octanol–water partition coefficient (Wildman–Crippen LogP) is -0.895. The summed E-state index contributed by atoms with van der Waals surface area (Å²) in [6.45, 7) is 5.01. The van der Waals surface area contributed by atoms with Crippen LogP contribution < -0.4 is 15.8 Å². The van der Waals surface area contributed by atoms with Crippen LogP contribution in [0, 0.1) is 0 Å². The van der Waals surface area contributed by atoms with Crippen molar-refractivity contribution in [2.24, 2.45) is 5.73 Å². The van der Waals surface area contributed by atoms with Crippen LogP contribution in [0.15, 0.2) is 0 Å². The van der Waals surface area contributed by atoms with Crippen LogP contribution in [0.3, 0.4) is 0 Å². The Morgan fingerprint density at radius 1 is 1.44 bits per heavy atom. The Balaban J connectivity index is 4.60. The summed E-state index contributed by atoms with van der Waals surface area (Å²) in [6.07, 6.45) is 0. The fraction of sp³-hybridized carbons (Fsp3) is 0.750. The molecular formula is C8H17N3O3S2. The van der Waals surface area contributed by atoms with Gasteiger partial charge in [-0.05, 0) is 20.8 Å². The lowest BCUT2D eigenvalue weighted by Crippen LogP contribution is -2.49. The van der Waals surface area contributed by atoms with E-state index in [-0.39, 0.29) is 10.9 Å². The minimum atomic E-state index is -3.70. The van der Waals surface area contributed by atoms with Crippen molar-refractivity contribution in [2.45, 2.75) is 32.1 Å². The Bertz CT molecular complexity index is 367. The minimum Gasteiger partial charge on any atom is -0.392 e. The third-order valence-electron chi connectivity index (χ3n) is 1.95. The molecule has 1 amide bonds. The van der Waals surface area contributed by atoms with Gasteiger partial charge in [-0.25, -0.2) is 13.1 Å². The van der Waals surface area contributed by atoms with Crippen LogP contribution in [-0.2, 0) is 14.8 Å². The number of rotatable bonds is 6. The highest BCUT2D eigenvalue weighted by molar-refractivity contribution is 7.93. The van der Waals surface area contributed by atoms with Gasteiger partial charge in [0.25, 0.3) is 0 Å². The second-order valence-corrected chi connectivity index (χ2v) is 5.83. The first-order valence-electron chi connectivity index (χ1n) is 4.80. The molecule has 0 saturated heterocycles. The number of nitrogens with two attached hydrogens (primary N) is 1. The van der Waals surface area contributed by atoms with Crippen molar-refractivity contribution < 1.29 is 13.2 Å². The molecule has 0 aromatic carbocycles. The van der Waals surface area contributed by atoms with Crippen LogP contribution in [-0.4, -0.2) is 37.2 Å². The van der Waals surface area contributed by atoms with Gasteiger partial charge in [0.15, 0.2) is 0 Å². The summed E-state index contributed by atoms with van der Waals surface area (Å²) in [6, 6.07) is -0.846. The van der Waals surface area contributed by atoms with Crippen LogP contribution in [0.25, 0.3) is 0 Å². The molecule has 0 aromatic rings. The molecule has 0 rings (SSSR count). The predicted molar refractivity (Wildman–Crippen MR) is 66.4 cm³/mol. The average Bonchev–Trinajstić information content (AvgIpc) is 2.16. The summed E-state index contributed by atoms with van der Waals surface area (Å²) < 4.78 is 25.5. The molecule has 0 aliphatic heterocycles. The molecule has 0 aliphatic rings. The summed E-state index contributed by atoms with van der Waals surface area (Å²) in [7, 11) is -3.70. The van der Waals surface area contributed by atoms with Gasteiger partial charge in [-0.15, -0.1) is 0 Å². The fourth-order valence-corrected chi connectivity index (χ4v) is 2.37. The Hall–Kier alpha value is -0.730. The topological polar surface area (TPSA) is 101 Å². The van der Waals surface area contributed by atoms with Crippen molar-refractivity contribution >= 4 is 33.1 Å². The van der Waals surface area contributed by atoms with Crippen molar-refractivity contribution in [3.05, 3.63) is 0 Å². The smallest absolute Gasteiger partial charge is 0.237 e. The average molecular weight is 267 g/mol. The van der Waals surface area contributed by atoms with Gasteiger partial charge in [0.1, 0.15) is 5.25 Å². The highest BCUT2D eigenvalue weighted by Gasteiger charge is 2.27. The molecule has 0 bridgehead atoms. The molecule has 94 valence electrons. The number of carbonyl (C=O) groups is 1. The third-order valence-corrected chi connectivity index (χ3v) is 4.32.